The quantitative estimate of drug-likeness (QED) is 0.0710. The van der Waals surface area contributed by atoms with E-state index in [9.17, 15) is 47.1 Å². The number of alkyl halides is 2. The average Bonchev–Trinajstić information content (AvgIpc) is 3.41. The number of benzene rings is 1. The van der Waals surface area contributed by atoms with Crippen LogP contribution in [0.15, 0.2) is 36.4 Å². The van der Waals surface area contributed by atoms with Gasteiger partial charge in [-0.3, -0.25) is 33.7 Å². The smallest absolute Gasteiger partial charge is 0.407 e. The van der Waals surface area contributed by atoms with Crippen molar-refractivity contribution in [3.05, 3.63) is 42.0 Å². The van der Waals surface area contributed by atoms with Gasteiger partial charge >= 0.3 is 12.1 Å². The first-order chi connectivity index (χ1) is 25.0. The Labute approximate surface area is 306 Å². The highest BCUT2D eigenvalue weighted by molar-refractivity contribution is 6.12. The van der Waals surface area contributed by atoms with Crippen molar-refractivity contribution in [2.24, 2.45) is 17.6 Å². The maximum atomic E-state index is 13.8. The summed E-state index contributed by atoms with van der Waals surface area (Å²) in [6.45, 7) is 2.80. The summed E-state index contributed by atoms with van der Waals surface area (Å²) in [6.07, 6.45) is 3.37. The van der Waals surface area contributed by atoms with Crippen LogP contribution in [0.2, 0.25) is 0 Å². The second-order valence-electron chi connectivity index (χ2n) is 12.9. The Kier molecular flexibility index (Phi) is 18.0. The molecule has 0 aromatic heterocycles. The number of imide groups is 1. The molecule has 8 amide bonds. The highest BCUT2D eigenvalue weighted by Gasteiger charge is 2.31. The summed E-state index contributed by atoms with van der Waals surface area (Å²) in [6, 6.07) is 4.53. The van der Waals surface area contributed by atoms with Crippen LogP contribution in [0.5, 0.6) is 0 Å². The third-order valence-electron chi connectivity index (χ3n) is 8.04. The summed E-state index contributed by atoms with van der Waals surface area (Å²) in [5.41, 5.74) is 5.98. The molecule has 1 aliphatic rings. The molecule has 2 atom stereocenters. The van der Waals surface area contributed by atoms with Gasteiger partial charge in [-0.2, -0.15) is 0 Å². The van der Waals surface area contributed by atoms with Crippen molar-refractivity contribution in [1.82, 2.24) is 26.2 Å². The maximum Gasteiger partial charge on any atom is 0.407 e. The van der Waals surface area contributed by atoms with Gasteiger partial charge in [-0.25, -0.2) is 18.4 Å². The number of amides is 8. The molecule has 18 heteroatoms. The first-order valence-electron chi connectivity index (χ1n) is 17.3. The fourth-order valence-corrected chi connectivity index (χ4v) is 5.15. The lowest BCUT2D eigenvalue weighted by molar-refractivity contribution is -0.137. The maximum absolute atomic E-state index is 13.8. The van der Waals surface area contributed by atoms with Gasteiger partial charge < -0.3 is 37.1 Å². The predicted molar refractivity (Wildman–Crippen MR) is 188 cm³/mol. The Morgan fingerprint density at radius 3 is 2.13 bits per heavy atom. The topological polar surface area (TPSA) is 235 Å². The van der Waals surface area contributed by atoms with E-state index in [2.05, 4.69) is 16.0 Å². The van der Waals surface area contributed by atoms with Crippen LogP contribution in [0.4, 0.5) is 24.1 Å². The van der Waals surface area contributed by atoms with Crippen LogP contribution >= 0.6 is 0 Å². The third-order valence-corrected chi connectivity index (χ3v) is 8.04. The molecule has 7 N–H and O–H groups in total. The van der Waals surface area contributed by atoms with E-state index in [0.29, 0.717) is 36.9 Å². The lowest BCUT2D eigenvalue weighted by Crippen LogP contribution is -2.45. The zero-order valence-electron chi connectivity index (χ0n) is 30.1. The lowest BCUT2D eigenvalue weighted by atomic mass is 9.89. The van der Waals surface area contributed by atoms with Gasteiger partial charge in [0.2, 0.25) is 17.7 Å². The number of halogens is 2. The molecule has 0 aliphatic carbocycles. The van der Waals surface area contributed by atoms with Gasteiger partial charge in [-0.05, 0) is 49.3 Å². The summed E-state index contributed by atoms with van der Waals surface area (Å²) in [5, 5.41) is 11.9. The number of carbonyl (C=O) groups excluding carboxylic acids is 8. The molecular weight excluding hydrogens is 700 g/mol. The van der Waals surface area contributed by atoms with Gasteiger partial charge in [-0.1, -0.05) is 32.4 Å². The van der Waals surface area contributed by atoms with E-state index in [0.717, 1.165) is 11.8 Å². The summed E-state index contributed by atoms with van der Waals surface area (Å²) in [7, 11) is 0. The van der Waals surface area contributed by atoms with Crippen LogP contribution in [0.25, 0.3) is 0 Å². The molecule has 1 aromatic carbocycles. The third kappa shape index (κ3) is 17.1. The number of urea groups is 1. The minimum Gasteiger partial charge on any atom is -0.445 e. The normalized spacial score (nSPS) is 13.7. The number of hydrogen-bond acceptors (Lipinski definition) is 9. The van der Waals surface area contributed by atoms with Crippen LogP contribution in [0, 0.1) is 11.8 Å². The van der Waals surface area contributed by atoms with Crippen molar-refractivity contribution < 1.29 is 51.9 Å². The summed E-state index contributed by atoms with van der Waals surface area (Å²) < 4.78 is 32.5. The van der Waals surface area contributed by atoms with Gasteiger partial charge in [0.15, 0.2) is 5.78 Å². The number of unbranched alkanes of at least 4 members (excludes halogenated alkanes) is 2. The molecule has 1 aliphatic heterocycles. The first kappa shape index (κ1) is 43.7. The zero-order chi connectivity index (χ0) is 39.6. The molecular formula is C35H49F2N7O9. The number of alkyl carbamates (subject to hydrolysis) is 1. The van der Waals surface area contributed by atoms with E-state index in [-0.39, 0.29) is 68.4 Å². The van der Waals surface area contributed by atoms with Crippen LogP contribution in [0.3, 0.4) is 0 Å². The van der Waals surface area contributed by atoms with Gasteiger partial charge in [0, 0.05) is 56.6 Å². The molecule has 16 nitrogen and oxygen atoms in total. The second kappa shape index (κ2) is 21.8. The Bertz CT molecular complexity index is 1480. The Hall–Kier alpha value is -5.42. The molecule has 0 spiro atoms. The number of carbonyl (C=O) groups is 8. The number of ether oxygens (including phenoxy) is 1. The Morgan fingerprint density at radius 1 is 0.887 bits per heavy atom. The zero-order valence-corrected chi connectivity index (χ0v) is 30.1. The number of nitrogens with zero attached hydrogens (tertiary/aromatic N) is 1. The van der Waals surface area contributed by atoms with E-state index >= 15 is 0 Å². The fraction of sp³-hybridized carbons (Fsp3) is 0.543. The number of rotatable bonds is 23. The molecule has 0 saturated heterocycles. The summed E-state index contributed by atoms with van der Waals surface area (Å²) in [5.74, 6) is -7.05. The molecule has 292 valence electrons. The number of ketones is 1. The molecule has 0 fully saturated rings. The Balaban J connectivity index is 1.92. The number of anilines is 1. The van der Waals surface area contributed by atoms with Crippen molar-refractivity contribution in [3.8, 4) is 0 Å². The minimum atomic E-state index is -3.38. The highest BCUT2D eigenvalue weighted by Crippen LogP contribution is 2.20. The predicted octanol–water partition coefficient (Wildman–Crippen LogP) is 2.27. The molecule has 0 bridgehead atoms. The standard InChI is InChI=1S/C35H49F2N7O9/c1-22(2)31(43-28(47)9-5-4-6-17-44-29(48)14-15-30(44)49)27(46)18-25(8-7-16-39-33(38)51)32(50)42-26-12-10-24(11-13-26)19-53-34(52)41-21-35(36,37)20-40-23(3)45/h10-15,22,25,31H,4-9,16-21H2,1-3H3,(H,40,45)(H,41,52)(H,42,50)(H,43,47)(H3,38,39,51)/t25-,31+/m1/s1. The molecule has 53 heavy (non-hydrogen) atoms. The van der Waals surface area contributed by atoms with Crippen molar-refractivity contribution >= 4 is 53.1 Å². The summed E-state index contributed by atoms with van der Waals surface area (Å²) in [4.78, 5) is 97.9. The van der Waals surface area contributed by atoms with Crippen LogP contribution < -0.4 is 32.3 Å². The van der Waals surface area contributed by atoms with Crippen LogP contribution in [-0.2, 0) is 40.1 Å². The van der Waals surface area contributed by atoms with Crippen molar-refractivity contribution in [1.29, 1.82) is 0 Å². The van der Waals surface area contributed by atoms with E-state index < -0.39 is 54.9 Å². The van der Waals surface area contributed by atoms with Gasteiger partial charge in [0.1, 0.15) is 6.61 Å². The van der Waals surface area contributed by atoms with Gasteiger partial charge in [0.05, 0.1) is 19.1 Å². The average molecular weight is 750 g/mol. The first-order valence-corrected chi connectivity index (χ1v) is 17.3. The fourth-order valence-electron chi connectivity index (χ4n) is 5.15. The molecule has 1 heterocycles. The molecule has 0 radical (unpaired) electrons. The number of primary amides is 1. The highest BCUT2D eigenvalue weighted by atomic mass is 19.3. The molecule has 2 rings (SSSR count). The molecule has 0 saturated carbocycles. The largest absolute Gasteiger partial charge is 0.445 e. The van der Waals surface area contributed by atoms with Crippen LogP contribution in [0.1, 0.15) is 71.3 Å². The molecule has 1 aromatic rings. The molecule has 0 unspecified atom stereocenters. The summed E-state index contributed by atoms with van der Waals surface area (Å²) >= 11 is 0. The number of Topliss-reactive ketones (excluding diaryl/α,β-unsaturated/α-hetero) is 1. The Morgan fingerprint density at radius 2 is 1.53 bits per heavy atom. The van der Waals surface area contributed by atoms with Gasteiger partial charge in [0.25, 0.3) is 17.7 Å². The SMILES string of the molecule is CC(=O)NCC(F)(F)CNC(=O)OCc1ccc(NC(=O)[C@H](CCCNC(N)=O)CC(=O)[C@@H](NC(=O)CCCCCN2C(=O)C=CC2=O)C(C)C)cc1. The number of nitrogens with one attached hydrogen (secondary N) is 5. The number of hydrogen-bond donors (Lipinski definition) is 6. The van der Waals surface area contributed by atoms with E-state index in [1.54, 1.807) is 13.8 Å². The van der Waals surface area contributed by atoms with Crippen molar-refractivity contribution in [3.63, 3.8) is 0 Å². The van der Waals surface area contributed by atoms with E-state index in [1.807, 2.05) is 10.6 Å². The number of nitrogens with two attached hydrogens (primary N) is 1. The van der Waals surface area contributed by atoms with E-state index in [4.69, 9.17) is 10.5 Å². The van der Waals surface area contributed by atoms with Crippen molar-refractivity contribution in [2.45, 2.75) is 84.3 Å². The minimum absolute atomic E-state index is 0.126. The lowest BCUT2D eigenvalue weighted by Gasteiger charge is -2.24. The second-order valence-corrected chi connectivity index (χ2v) is 12.9. The van der Waals surface area contributed by atoms with Gasteiger partial charge in [-0.15, -0.1) is 0 Å². The van der Waals surface area contributed by atoms with E-state index in [1.165, 1.54) is 36.4 Å². The monoisotopic (exact) mass is 749 g/mol. The van der Waals surface area contributed by atoms with Crippen molar-refractivity contribution in [2.75, 3.05) is 31.5 Å². The van der Waals surface area contributed by atoms with Crippen LogP contribution in [-0.4, -0.2) is 90.5 Å².